The fourth-order valence-electron chi connectivity index (χ4n) is 10.2. The summed E-state index contributed by atoms with van der Waals surface area (Å²) in [5.41, 5.74) is 1.04. The van der Waals surface area contributed by atoms with Gasteiger partial charge in [0, 0.05) is 36.7 Å². The van der Waals surface area contributed by atoms with Crippen molar-refractivity contribution in [1.29, 1.82) is 0 Å². The Morgan fingerprint density at radius 2 is 1.65 bits per heavy atom. The van der Waals surface area contributed by atoms with Crippen molar-refractivity contribution in [3.8, 4) is 17.2 Å². The Balaban J connectivity index is 1.27. The van der Waals surface area contributed by atoms with Crippen LogP contribution < -0.4 is 24.5 Å². The van der Waals surface area contributed by atoms with Gasteiger partial charge in [-0.15, -0.1) is 0 Å². The van der Waals surface area contributed by atoms with E-state index >= 15 is 4.79 Å². The average Bonchev–Trinajstić information content (AvgIpc) is 3.90. The molecule has 0 unspecified atom stereocenters. The summed E-state index contributed by atoms with van der Waals surface area (Å²) < 4.78 is 24.1. The molecule has 0 saturated carbocycles. The lowest BCUT2D eigenvalue weighted by Crippen LogP contribution is -2.52. The van der Waals surface area contributed by atoms with Gasteiger partial charge < -0.3 is 33.9 Å². The minimum absolute atomic E-state index is 0.0490. The van der Waals surface area contributed by atoms with Gasteiger partial charge in [0.1, 0.15) is 11.5 Å². The van der Waals surface area contributed by atoms with Crippen LogP contribution in [0.25, 0.3) is 0 Å². The van der Waals surface area contributed by atoms with Gasteiger partial charge in [-0.05, 0) is 85.8 Å². The number of nitrogens with zero attached hydrogens (tertiary/aromatic N) is 3. The maximum Gasteiger partial charge on any atom is 0.305 e. The van der Waals surface area contributed by atoms with Crippen LogP contribution in [0.4, 0.5) is 17.1 Å². The first-order valence-corrected chi connectivity index (χ1v) is 24.0. The average molecular weight is 832 g/mol. The number of esters is 1. The third-order valence-electron chi connectivity index (χ3n) is 13.2. The zero-order chi connectivity index (χ0) is 42.3. The molecule has 1 N–H and O–H groups in total. The molecule has 2 fully saturated rings. The van der Waals surface area contributed by atoms with Crippen LogP contribution in [0, 0.1) is 5.92 Å². The number of anilines is 3. The number of hydrogen-bond acceptors (Lipinski definition) is 9. The van der Waals surface area contributed by atoms with E-state index in [1.54, 1.807) is 40.0 Å². The van der Waals surface area contributed by atoms with Crippen LogP contribution in [0.1, 0.15) is 61.4 Å². The van der Waals surface area contributed by atoms with Crippen molar-refractivity contribution in [2.24, 2.45) is 5.92 Å². The zero-order valence-corrected chi connectivity index (χ0v) is 35.9. The molecule has 0 radical (unpaired) electrons. The van der Waals surface area contributed by atoms with Gasteiger partial charge in [0.05, 0.1) is 64.4 Å². The SMILES string of the molecule is COC(=O)CCCCN1C(=O)[C@]2(O[C@H](CC(=O)N3CCC[C@H]3CO)[C@@H]([Si](C)(C)c3ccc(OC)cc3)[C@@H]2C)c2cc(N3C(=O)c4ccccc4Oc4ccccc43)ccc21. The Labute approximate surface area is 352 Å². The van der Waals surface area contributed by atoms with Crippen molar-refractivity contribution < 1.29 is 43.2 Å². The molecule has 4 heterocycles. The standard InChI is InChI=1S/C47H53N3O9Si/c1-30-44(60(4,5)34-22-20-33(56-2)21-23-34)41(28-42(52)48-26-12-13-32(48)29-51)59-47(30)36-27-31(19-24-37(36)49(46(47)55)25-11-10-18-43(53)57-3)50-38-15-7-9-17-40(38)58-39-16-8-6-14-35(39)45(50)54/h6-9,14-17,19-24,27,30,32,41,44,51H,10-13,18,25-26,28-29H2,1-5H3/t30-,32-,41+,44-,47+/m0/s1. The van der Waals surface area contributed by atoms with Gasteiger partial charge in [-0.25, -0.2) is 0 Å². The smallest absolute Gasteiger partial charge is 0.305 e. The number of ether oxygens (including phenoxy) is 4. The molecule has 314 valence electrons. The lowest BCUT2D eigenvalue weighted by molar-refractivity contribution is -0.150. The van der Waals surface area contributed by atoms with E-state index in [-0.39, 0.29) is 54.7 Å². The molecule has 60 heavy (non-hydrogen) atoms. The van der Waals surface area contributed by atoms with Crippen LogP contribution in [0.5, 0.6) is 17.2 Å². The minimum Gasteiger partial charge on any atom is -0.497 e. The number of hydrogen-bond donors (Lipinski definition) is 1. The van der Waals surface area contributed by atoms with Crippen LogP contribution >= 0.6 is 0 Å². The predicted molar refractivity (Wildman–Crippen MR) is 230 cm³/mol. The molecule has 0 aromatic heterocycles. The highest BCUT2D eigenvalue weighted by Crippen LogP contribution is 2.61. The molecular formula is C47H53N3O9Si. The second-order valence-corrected chi connectivity index (χ2v) is 21.5. The van der Waals surface area contributed by atoms with E-state index in [9.17, 15) is 19.5 Å². The minimum atomic E-state index is -2.61. The molecule has 4 aromatic rings. The maximum absolute atomic E-state index is 15.5. The van der Waals surface area contributed by atoms with Gasteiger partial charge in [-0.3, -0.25) is 24.1 Å². The molecule has 4 aliphatic rings. The van der Waals surface area contributed by atoms with E-state index in [1.165, 1.54) is 7.11 Å². The summed E-state index contributed by atoms with van der Waals surface area (Å²) in [5.74, 6) is 0.344. The number of aliphatic hydroxyl groups is 1. The Morgan fingerprint density at radius 3 is 2.38 bits per heavy atom. The molecule has 0 bridgehead atoms. The van der Waals surface area contributed by atoms with Gasteiger partial charge in [0.25, 0.3) is 11.8 Å². The maximum atomic E-state index is 15.5. The highest BCUT2D eigenvalue weighted by atomic mass is 28.3. The van der Waals surface area contributed by atoms with Crippen LogP contribution in [0.2, 0.25) is 18.6 Å². The fraction of sp³-hybridized carbons (Fsp3) is 0.404. The van der Waals surface area contributed by atoms with Gasteiger partial charge >= 0.3 is 5.97 Å². The van der Waals surface area contributed by atoms with E-state index in [2.05, 4.69) is 32.2 Å². The number of aliphatic hydroxyl groups excluding tert-OH is 1. The third kappa shape index (κ3) is 6.95. The number of likely N-dealkylation sites (tertiary alicyclic amines) is 1. The molecule has 5 atom stereocenters. The van der Waals surface area contributed by atoms with Gasteiger partial charge in [0.15, 0.2) is 11.4 Å². The number of benzene rings is 4. The highest BCUT2D eigenvalue weighted by molar-refractivity contribution is 6.91. The van der Waals surface area contributed by atoms with E-state index in [0.29, 0.717) is 65.6 Å². The summed E-state index contributed by atoms with van der Waals surface area (Å²) in [6.45, 7) is 7.39. The molecule has 0 aliphatic carbocycles. The summed E-state index contributed by atoms with van der Waals surface area (Å²) in [6, 6.07) is 28.0. The normalized spacial score (nSPS) is 23.3. The molecular weight excluding hydrogens is 779 g/mol. The monoisotopic (exact) mass is 831 g/mol. The summed E-state index contributed by atoms with van der Waals surface area (Å²) in [7, 11) is 0.390. The Bertz CT molecular complexity index is 2300. The van der Waals surface area contributed by atoms with E-state index in [1.807, 2.05) is 60.7 Å². The van der Waals surface area contributed by atoms with Crippen LogP contribution in [0.15, 0.2) is 91.0 Å². The number of carbonyl (C=O) groups excluding carboxylic acids is 4. The molecule has 13 heteroatoms. The summed E-state index contributed by atoms with van der Waals surface area (Å²) in [4.78, 5) is 61.7. The topological polar surface area (TPSA) is 135 Å². The van der Waals surface area contributed by atoms with Crippen molar-refractivity contribution in [3.63, 3.8) is 0 Å². The van der Waals surface area contributed by atoms with Gasteiger partial charge in [-0.1, -0.05) is 61.6 Å². The lowest BCUT2D eigenvalue weighted by Gasteiger charge is -2.37. The Hall–Kier alpha value is -5.50. The lowest BCUT2D eigenvalue weighted by atomic mass is 9.82. The molecule has 4 aromatic carbocycles. The first-order chi connectivity index (χ1) is 28.9. The number of para-hydroxylation sites is 3. The zero-order valence-electron chi connectivity index (χ0n) is 34.9. The molecule has 3 amide bonds. The van der Waals surface area contributed by atoms with Crippen molar-refractivity contribution in [1.82, 2.24) is 4.90 Å². The fourth-order valence-corrected chi connectivity index (χ4v) is 14.2. The number of fused-ring (bicyclic) bond motifs is 4. The predicted octanol–water partition coefficient (Wildman–Crippen LogP) is 7.06. The first-order valence-electron chi connectivity index (χ1n) is 20.9. The molecule has 1 spiro atoms. The van der Waals surface area contributed by atoms with Gasteiger partial charge in [0.2, 0.25) is 5.91 Å². The Morgan fingerprint density at radius 1 is 0.917 bits per heavy atom. The summed E-state index contributed by atoms with van der Waals surface area (Å²) in [5, 5.41) is 11.3. The molecule has 12 nitrogen and oxygen atoms in total. The third-order valence-corrected chi connectivity index (χ3v) is 17.6. The van der Waals surface area contributed by atoms with Crippen LogP contribution in [0.3, 0.4) is 0 Å². The second-order valence-electron chi connectivity index (χ2n) is 16.8. The van der Waals surface area contributed by atoms with Crippen molar-refractivity contribution in [3.05, 3.63) is 102 Å². The summed E-state index contributed by atoms with van der Waals surface area (Å²) >= 11 is 0. The highest BCUT2D eigenvalue weighted by Gasteiger charge is 2.66. The van der Waals surface area contributed by atoms with E-state index < -0.39 is 25.7 Å². The van der Waals surface area contributed by atoms with Gasteiger partial charge in [-0.2, -0.15) is 0 Å². The summed E-state index contributed by atoms with van der Waals surface area (Å²) in [6.07, 6.45) is 2.23. The number of methoxy groups -OCH3 is 2. The molecule has 2 saturated heterocycles. The van der Waals surface area contributed by atoms with Crippen LogP contribution in [-0.4, -0.2) is 87.8 Å². The second kappa shape index (κ2) is 16.5. The van der Waals surface area contributed by atoms with Crippen LogP contribution in [-0.2, 0) is 29.5 Å². The number of unbranched alkanes of at least 4 members (excludes halogenated alkanes) is 1. The Kier molecular flexibility index (Phi) is 11.3. The van der Waals surface area contributed by atoms with Crippen molar-refractivity contribution in [2.45, 2.75) is 81.8 Å². The first kappa shape index (κ1) is 41.2. The van der Waals surface area contributed by atoms with Crippen molar-refractivity contribution in [2.75, 3.05) is 43.7 Å². The number of amides is 3. The van der Waals surface area contributed by atoms with E-state index in [4.69, 9.17) is 18.9 Å². The van der Waals surface area contributed by atoms with Crippen molar-refractivity contribution >= 4 is 54.0 Å². The quantitative estimate of drug-likeness (QED) is 0.0905. The number of carbonyl (C=O) groups is 4. The largest absolute Gasteiger partial charge is 0.497 e. The molecule has 4 aliphatic heterocycles. The van der Waals surface area contributed by atoms with E-state index in [0.717, 1.165) is 23.8 Å². The number of rotatable bonds is 12. The molecule has 8 rings (SSSR count).